The Morgan fingerprint density at radius 2 is 1.49 bits per heavy atom. The molecule has 1 heterocycles. The van der Waals surface area contributed by atoms with E-state index >= 15 is 0 Å². The molecule has 0 fully saturated rings. The second-order valence-corrected chi connectivity index (χ2v) is 10.9. The number of nitrogens with one attached hydrogen (secondary N) is 4. The molecule has 2 aromatic rings. The lowest BCUT2D eigenvalue weighted by molar-refractivity contribution is -0.133. The van der Waals surface area contributed by atoms with Gasteiger partial charge in [-0.1, -0.05) is 58.7 Å². The van der Waals surface area contributed by atoms with Crippen molar-refractivity contribution in [3.8, 4) is 0 Å². The third-order valence-corrected chi connectivity index (χ3v) is 7.57. The molecule has 0 aliphatic carbocycles. The van der Waals surface area contributed by atoms with Crippen LogP contribution in [0.1, 0.15) is 53.0 Å². The van der Waals surface area contributed by atoms with Crippen LogP contribution in [0.5, 0.6) is 0 Å². The van der Waals surface area contributed by atoms with Gasteiger partial charge in [-0.25, -0.2) is 0 Å². The third kappa shape index (κ3) is 7.65. The molecule has 194 valence electrons. The van der Waals surface area contributed by atoms with Crippen molar-refractivity contribution in [2.45, 2.75) is 71.7 Å². The van der Waals surface area contributed by atoms with E-state index in [-0.39, 0.29) is 24.2 Å². The number of rotatable bonds is 12. The fraction of sp³-hybridized carbons (Fsp3) is 0.542. The number of benzene rings is 1. The zero-order chi connectivity index (χ0) is 26.3. The van der Waals surface area contributed by atoms with E-state index in [1.54, 1.807) is 13.1 Å². The van der Waals surface area contributed by atoms with Gasteiger partial charge < -0.3 is 30.7 Å². The van der Waals surface area contributed by atoms with Crippen LogP contribution in [0.4, 0.5) is 0 Å². The minimum atomic E-state index is -4.74. The standard InChI is InChI=1S/C24H37N4O6P/c1-6-14(3)21(26-16(5)29)24(31)28-22(15(4)7-2)23(30)27-20(35(32,33)34)12-17-13-25-19-11-9-8-10-18(17)19/h8-11,13-15,20-22,25H,6-7,12H2,1-5H3,(H,26,29)(H,27,30)(H,28,31)(H2,32,33,34)/t14-,15-,20?,21-,22-/m0/s1. The first-order valence-corrected chi connectivity index (χ1v) is 13.5. The predicted molar refractivity (Wildman–Crippen MR) is 134 cm³/mol. The lowest BCUT2D eigenvalue weighted by atomic mass is 9.95. The number of hydrogen-bond acceptors (Lipinski definition) is 4. The van der Waals surface area contributed by atoms with E-state index in [1.807, 2.05) is 45.0 Å². The normalized spacial score (nSPS) is 16.1. The quantitative estimate of drug-likeness (QED) is 0.241. The first-order valence-electron chi connectivity index (χ1n) is 11.9. The lowest BCUT2D eigenvalue weighted by Gasteiger charge is -2.30. The monoisotopic (exact) mass is 508 g/mol. The average molecular weight is 509 g/mol. The number of hydrogen-bond donors (Lipinski definition) is 6. The van der Waals surface area contributed by atoms with Gasteiger partial charge in [-0.2, -0.15) is 0 Å². The number of amides is 3. The molecule has 0 radical (unpaired) electrons. The summed E-state index contributed by atoms with van der Waals surface area (Å²) < 4.78 is 12.3. The highest BCUT2D eigenvalue weighted by Crippen LogP contribution is 2.42. The van der Waals surface area contributed by atoms with Gasteiger partial charge in [0.05, 0.1) is 0 Å². The van der Waals surface area contributed by atoms with Crippen LogP contribution < -0.4 is 16.0 Å². The molecule has 0 bridgehead atoms. The predicted octanol–water partition coefficient (Wildman–Crippen LogP) is 2.41. The Morgan fingerprint density at radius 3 is 2.03 bits per heavy atom. The second kappa shape index (κ2) is 12.3. The molecule has 11 heteroatoms. The molecule has 2 rings (SSSR count). The van der Waals surface area contributed by atoms with E-state index in [2.05, 4.69) is 20.9 Å². The van der Waals surface area contributed by atoms with E-state index in [0.29, 0.717) is 18.4 Å². The maximum absolute atomic E-state index is 13.2. The van der Waals surface area contributed by atoms with Crippen molar-refractivity contribution in [3.05, 3.63) is 36.0 Å². The van der Waals surface area contributed by atoms with Crippen LogP contribution in [0.25, 0.3) is 10.9 Å². The van der Waals surface area contributed by atoms with Crippen LogP contribution in [0.15, 0.2) is 30.5 Å². The van der Waals surface area contributed by atoms with Crippen molar-refractivity contribution in [2.24, 2.45) is 11.8 Å². The van der Waals surface area contributed by atoms with Gasteiger partial charge in [-0.15, -0.1) is 0 Å². The van der Waals surface area contributed by atoms with Crippen molar-refractivity contribution in [3.63, 3.8) is 0 Å². The fourth-order valence-electron chi connectivity index (χ4n) is 3.88. The molecular formula is C24H37N4O6P. The summed E-state index contributed by atoms with van der Waals surface area (Å²) in [6.07, 6.45) is 2.74. The molecule has 1 aromatic heterocycles. The molecule has 6 N–H and O–H groups in total. The van der Waals surface area contributed by atoms with Crippen LogP contribution in [0.3, 0.4) is 0 Å². The van der Waals surface area contributed by atoms with Crippen molar-refractivity contribution in [1.29, 1.82) is 0 Å². The molecule has 0 aliphatic rings. The summed E-state index contributed by atoms with van der Waals surface area (Å²) in [4.78, 5) is 61.0. The number of carbonyl (C=O) groups excluding carboxylic acids is 3. The Labute approximate surface area is 205 Å². The van der Waals surface area contributed by atoms with Gasteiger partial charge in [0, 0.05) is 30.4 Å². The Balaban J connectivity index is 2.26. The summed E-state index contributed by atoms with van der Waals surface area (Å²) in [5.41, 5.74) is 1.47. The van der Waals surface area contributed by atoms with Crippen LogP contribution in [-0.2, 0) is 25.4 Å². The number of fused-ring (bicyclic) bond motifs is 1. The largest absolute Gasteiger partial charge is 0.361 e. The first kappa shape index (κ1) is 28.6. The highest BCUT2D eigenvalue weighted by atomic mass is 31.2. The second-order valence-electron chi connectivity index (χ2n) is 9.11. The number of para-hydroxylation sites is 1. The zero-order valence-electron chi connectivity index (χ0n) is 20.9. The summed E-state index contributed by atoms with van der Waals surface area (Å²) in [6, 6.07) is 5.48. The topological polar surface area (TPSA) is 161 Å². The number of H-pyrrole nitrogens is 1. The van der Waals surface area contributed by atoms with Gasteiger partial charge in [0.15, 0.2) is 0 Å². The number of aromatic nitrogens is 1. The van der Waals surface area contributed by atoms with Crippen molar-refractivity contribution in [1.82, 2.24) is 20.9 Å². The van der Waals surface area contributed by atoms with Crippen molar-refractivity contribution in [2.75, 3.05) is 0 Å². The van der Waals surface area contributed by atoms with Gasteiger partial charge in [0.1, 0.15) is 17.9 Å². The maximum atomic E-state index is 13.2. The molecule has 0 saturated carbocycles. The molecule has 0 saturated heterocycles. The van der Waals surface area contributed by atoms with Crippen molar-refractivity contribution >= 4 is 36.2 Å². The summed E-state index contributed by atoms with van der Waals surface area (Å²) >= 11 is 0. The van der Waals surface area contributed by atoms with E-state index in [9.17, 15) is 28.7 Å². The summed E-state index contributed by atoms with van der Waals surface area (Å²) in [5, 5.41) is 8.63. The fourth-order valence-corrected chi connectivity index (χ4v) is 4.61. The van der Waals surface area contributed by atoms with E-state index in [4.69, 9.17) is 0 Å². The Morgan fingerprint density at radius 1 is 0.943 bits per heavy atom. The third-order valence-electron chi connectivity index (χ3n) is 6.45. The molecule has 10 nitrogen and oxygen atoms in total. The average Bonchev–Trinajstić information content (AvgIpc) is 3.21. The van der Waals surface area contributed by atoms with Crippen LogP contribution in [-0.4, -0.2) is 50.4 Å². The smallest absolute Gasteiger partial charge is 0.347 e. The molecule has 1 unspecified atom stereocenters. The van der Waals surface area contributed by atoms with Gasteiger partial charge in [-0.05, 0) is 23.5 Å². The Kier molecular flexibility index (Phi) is 10.1. The highest BCUT2D eigenvalue weighted by molar-refractivity contribution is 7.52. The van der Waals surface area contributed by atoms with Gasteiger partial charge >= 0.3 is 7.60 Å². The zero-order valence-corrected chi connectivity index (χ0v) is 21.8. The van der Waals surface area contributed by atoms with Gasteiger partial charge in [0.2, 0.25) is 17.7 Å². The van der Waals surface area contributed by atoms with E-state index < -0.39 is 37.3 Å². The minimum Gasteiger partial charge on any atom is -0.361 e. The molecule has 35 heavy (non-hydrogen) atoms. The molecule has 1 aromatic carbocycles. The van der Waals surface area contributed by atoms with E-state index in [0.717, 1.165) is 10.9 Å². The van der Waals surface area contributed by atoms with Crippen molar-refractivity contribution < 1.29 is 28.7 Å². The van der Waals surface area contributed by atoms with Crippen LogP contribution >= 0.6 is 7.60 Å². The highest BCUT2D eigenvalue weighted by Gasteiger charge is 2.36. The first-order chi connectivity index (χ1) is 16.4. The number of carbonyl (C=O) groups is 3. The summed E-state index contributed by atoms with van der Waals surface area (Å²) in [6.45, 7) is 8.65. The molecule has 0 spiro atoms. The van der Waals surface area contributed by atoms with Crippen LogP contribution in [0, 0.1) is 11.8 Å². The number of aromatic amines is 1. The summed E-state index contributed by atoms with van der Waals surface area (Å²) in [5.74, 6) is -3.54. The minimum absolute atomic E-state index is 0.0947. The Hall–Kier alpha value is -2.68. The molecule has 3 amide bonds. The Bertz CT molecular complexity index is 1080. The lowest BCUT2D eigenvalue weighted by Crippen LogP contribution is -2.58. The molecular weight excluding hydrogens is 471 g/mol. The summed E-state index contributed by atoms with van der Waals surface area (Å²) in [7, 11) is -4.74. The molecule has 5 atom stereocenters. The van der Waals surface area contributed by atoms with Crippen LogP contribution in [0.2, 0.25) is 0 Å². The van der Waals surface area contributed by atoms with Gasteiger partial charge in [-0.3, -0.25) is 18.9 Å². The maximum Gasteiger partial charge on any atom is 0.347 e. The van der Waals surface area contributed by atoms with E-state index in [1.165, 1.54) is 6.92 Å². The van der Waals surface area contributed by atoms with Gasteiger partial charge in [0.25, 0.3) is 0 Å². The SMILES string of the molecule is CC[C@H](C)[C@H](NC(C)=O)C(=O)N[C@H](C(=O)NC(Cc1c[nH]c2ccccc12)P(=O)(O)O)[C@@H](C)CC. The molecule has 0 aliphatic heterocycles.